The van der Waals surface area contributed by atoms with Gasteiger partial charge in [-0.25, -0.2) is 8.78 Å². The summed E-state index contributed by atoms with van der Waals surface area (Å²) in [6.07, 6.45) is 5.13. The number of halogens is 2. The van der Waals surface area contributed by atoms with Crippen LogP contribution in [-0.4, -0.2) is 26.9 Å². The van der Waals surface area contributed by atoms with E-state index in [1.807, 2.05) is 6.07 Å². The number of aromatic amines is 1. The van der Waals surface area contributed by atoms with Crippen molar-refractivity contribution in [2.24, 2.45) is 0 Å². The molecular formula is C26H16F2N4O2. The van der Waals surface area contributed by atoms with Crippen LogP contribution < -0.4 is 5.32 Å². The summed E-state index contributed by atoms with van der Waals surface area (Å²) in [5, 5.41) is 9.93. The third kappa shape index (κ3) is 4.29. The Morgan fingerprint density at radius 1 is 0.794 bits per heavy atom. The number of ketones is 1. The Morgan fingerprint density at radius 3 is 2.44 bits per heavy atom. The molecule has 2 aromatic heterocycles. The summed E-state index contributed by atoms with van der Waals surface area (Å²) in [7, 11) is 0. The van der Waals surface area contributed by atoms with Crippen LogP contribution in [0.5, 0.6) is 0 Å². The van der Waals surface area contributed by atoms with Gasteiger partial charge in [0.2, 0.25) is 0 Å². The predicted molar refractivity (Wildman–Crippen MR) is 124 cm³/mol. The average Bonchev–Trinajstić information content (AvgIpc) is 3.37. The van der Waals surface area contributed by atoms with Crippen molar-refractivity contribution < 1.29 is 18.4 Å². The molecule has 0 spiro atoms. The SMILES string of the molecule is O=C(Nc1cc(F)cc(C(=O)c2ccc3ncc(-c4cn[nH]c4)cc3c2)c1)c1cccc(F)c1. The molecule has 0 atom stereocenters. The minimum Gasteiger partial charge on any atom is -0.322 e. The Kier molecular flexibility index (Phi) is 5.39. The number of aromatic nitrogens is 3. The number of amides is 1. The van der Waals surface area contributed by atoms with Crippen molar-refractivity contribution in [2.75, 3.05) is 5.32 Å². The maximum Gasteiger partial charge on any atom is 0.255 e. The fraction of sp³-hybridized carbons (Fsp3) is 0. The standard InChI is InChI=1S/C26H16F2N4O2/c27-21-3-1-2-16(8-21)26(34)32-23-10-18(9-22(28)11-23)25(33)15-4-5-24-17(6-15)7-19(12-29-24)20-13-30-31-14-20/h1-14H,(H,30,31)(H,32,34). The molecule has 5 rings (SSSR count). The van der Waals surface area contributed by atoms with Gasteiger partial charge in [-0.3, -0.25) is 19.7 Å². The maximum atomic E-state index is 14.3. The van der Waals surface area contributed by atoms with Crippen LogP contribution in [0, 0.1) is 11.6 Å². The van der Waals surface area contributed by atoms with E-state index >= 15 is 0 Å². The molecule has 0 unspecified atom stereocenters. The van der Waals surface area contributed by atoms with E-state index in [2.05, 4.69) is 20.5 Å². The molecule has 0 saturated carbocycles. The number of rotatable bonds is 5. The van der Waals surface area contributed by atoms with Gasteiger partial charge in [-0.1, -0.05) is 6.07 Å². The third-order valence-corrected chi connectivity index (χ3v) is 5.28. The smallest absolute Gasteiger partial charge is 0.255 e. The Hall–Kier alpha value is -4.72. The zero-order valence-corrected chi connectivity index (χ0v) is 17.5. The molecule has 0 aliphatic carbocycles. The molecule has 6 nitrogen and oxygen atoms in total. The van der Waals surface area contributed by atoms with Crippen molar-refractivity contribution in [3.05, 3.63) is 114 Å². The van der Waals surface area contributed by atoms with Crippen LogP contribution in [0.4, 0.5) is 14.5 Å². The predicted octanol–water partition coefficient (Wildman–Crippen LogP) is 5.39. The third-order valence-electron chi connectivity index (χ3n) is 5.28. The zero-order chi connectivity index (χ0) is 23.7. The summed E-state index contributed by atoms with van der Waals surface area (Å²) in [5.41, 5.74) is 2.95. The highest BCUT2D eigenvalue weighted by atomic mass is 19.1. The highest BCUT2D eigenvalue weighted by Gasteiger charge is 2.15. The molecule has 0 aliphatic heterocycles. The van der Waals surface area contributed by atoms with E-state index in [4.69, 9.17) is 0 Å². The van der Waals surface area contributed by atoms with Gasteiger partial charge < -0.3 is 5.32 Å². The molecule has 166 valence electrons. The van der Waals surface area contributed by atoms with Gasteiger partial charge in [-0.15, -0.1) is 0 Å². The second-order valence-electron chi connectivity index (χ2n) is 7.64. The number of fused-ring (bicyclic) bond motifs is 1. The van der Waals surface area contributed by atoms with Crippen LogP contribution in [0.2, 0.25) is 0 Å². The first-order valence-corrected chi connectivity index (χ1v) is 10.3. The second-order valence-corrected chi connectivity index (χ2v) is 7.64. The lowest BCUT2D eigenvalue weighted by molar-refractivity contribution is 0.102. The molecule has 2 N–H and O–H groups in total. The van der Waals surface area contributed by atoms with Crippen molar-refractivity contribution >= 4 is 28.3 Å². The minimum absolute atomic E-state index is 0.0628. The van der Waals surface area contributed by atoms with Crippen LogP contribution in [0.15, 0.2) is 85.3 Å². The van der Waals surface area contributed by atoms with Crippen molar-refractivity contribution in [3.8, 4) is 11.1 Å². The van der Waals surface area contributed by atoms with Gasteiger partial charge in [0.05, 0.1) is 11.7 Å². The number of carbonyl (C=O) groups excluding carboxylic acids is 2. The topological polar surface area (TPSA) is 87.7 Å². The second kappa shape index (κ2) is 8.67. The number of anilines is 1. The first kappa shape index (κ1) is 21.1. The van der Waals surface area contributed by atoms with E-state index in [1.54, 1.807) is 36.8 Å². The fourth-order valence-corrected chi connectivity index (χ4v) is 3.63. The molecule has 1 amide bonds. The normalized spacial score (nSPS) is 10.9. The van der Waals surface area contributed by atoms with Crippen LogP contribution in [0.1, 0.15) is 26.3 Å². The molecule has 0 aliphatic rings. The van der Waals surface area contributed by atoms with Gasteiger partial charge in [0, 0.05) is 51.3 Å². The number of H-pyrrole nitrogens is 1. The lowest BCUT2D eigenvalue weighted by Crippen LogP contribution is -2.13. The summed E-state index contributed by atoms with van der Waals surface area (Å²) in [4.78, 5) is 30.0. The molecule has 0 radical (unpaired) electrons. The Balaban J connectivity index is 1.45. The lowest BCUT2D eigenvalue weighted by atomic mass is 10.00. The summed E-state index contributed by atoms with van der Waals surface area (Å²) in [5.74, 6) is -2.29. The highest BCUT2D eigenvalue weighted by Crippen LogP contribution is 2.24. The van der Waals surface area contributed by atoms with E-state index in [9.17, 15) is 18.4 Å². The van der Waals surface area contributed by atoms with Crippen LogP contribution in [0.3, 0.4) is 0 Å². The molecule has 34 heavy (non-hydrogen) atoms. The van der Waals surface area contributed by atoms with Gasteiger partial charge in [-0.05, 0) is 60.7 Å². The van der Waals surface area contributed by atoms with Crippen molar-refractivity contribution in [1.29, 1.82) is 0 Å². The van der Waals surface area contributed by atoms with Crippen molar-refractivity contribution in [3.63, 3.8) is 0 Å². The number of nitrogens with one attached hydrogen (secondary N) is 2. The zero-order valence-electron chi connectivity index (χ0n) is 17.5. The Bertz CT molecular complexity index is 1550. The summed E-state index contributed by atoms with van der Waals surface area (Å²) >= 11 is 0. The fourth-order valence-electron chi connectivity index (χ4n) is 3.63. The Morgan fingerprint density at radius 2 is 1.65 bits per heavy atom. The van der Waals surface area contributed by atoms with E-state index in [1.165, 1.54) is 24.3 Å². The monoisotopic (exact) mass is 454 g/mol. The quantitative estimate of drug-likeness (QED) is 0.349. The first-order valence-electron chi connectivity index (χ1n) is 10.3. The number of carbonyl (C=O) groups is 2. The number of hydrogen-bond donors (Lipinski definition) is 2. The van der Waals surface area contributed by atoms with E-state index in [0.29, 0.717) is 11.1 Å². The molecule has 2 heterocycles. The lowest BCUT2D eigenvalue weighted by Gasteiger charge is -2.09. The van der Waals surface area contributed by atoms with Crippen LogP contribution in [0.25, 0.3) is 22.0 Å². The van der Waals surface area contributed by atoms with Gasteiger partial charge in [-0.2, -0.15) is 5.10 Å². The largest absolute Gasteiger partial charge is 0.322 e. The van der Waals surface area contributed by atoms with Gasteiger partial charge >= 0.3 is 0 Å². The molecule has 0 saturated heterocycles. The van der Waals surface area contributed by atoms with E-state index in [0.717, 1.165) is 34.7 Å². The summed E-state index contributed by atoms with van der Waals surface area (Å²) in [6, 6.07) is 15.6. The van der Waals surface area contributed by atoms with Crippen molar-refractivity contribution in [1.82, 2.24) is 15.2 Å². The molecule has 5 aromatic rings. The molecule has 3 aromatic carbocycles. The van der Waals surface area contributed by atoms with E-state index in [-0.39, 0.29) is 16.8 Å². The maximum absolute atomic E-state index is 14.3. The number of hydrogen-bond acceptors (Lipinski definition) is 4. The Labute approximate surface area is 192 Å². The first-order chi connectivity index (χ1) is 16.5. The van der Waals surface area contributed by atoms with Gasteiger partial charge in [0.1, 0.15) is 11.6 Å². The number of nitrogens with zero attached hydrogens (tertiary/aromatic N) is 2. The molecule has 0 fully saturated rings. The number of pyridine rings is 1. The molecule has 0 bridgehead atoms. The van der Waals surface area contributed by atoms with Crippen LogP contribution >= 0.6 is 0 Å². The van der Waals surface area contributed by atoms with Gasteiger partial charge in [0.25, 0.3) is 5.91 Å². The number of benzene rings is 3. The van der Waals surface area contributed by atoms with Gasteiger partial charge in [0.15, 0.2) is 5.78 Å². The molecule has 8 heteroatoms. The minimum atomic E-state index is -0.690. The highest BCUT2D eigenvalue weighted by molar-refractivity contribution is 6.12. The van der Waals surface area contributed by atoms with Crippen LogP contribution in [-0.2, 0) is 0 Å². The van der Waals surface area contributed by atoms with Crippen molar-refractivity contribution in [2.45, 2.75) is 0 Å². The summed E-state index contributed by atoms with van der Waals surface area (Å²) < 4.78 is 27.7. The molecular weight excluding hydrogens is 438 g/mol. The summed E-state index contributed by atoms with van der Waals surface area (Å²) in [6.45, 7) is 0. The van der Waals surface area contributed by atoms with E-state index < -0.39 is 23.3 Å². The average molecular weight is 454 g/mol.